The minimum atomic E-state index is -0.443. The van der Waals surface area contributed by atoms with Crippen molar-refractivity contribution in [2.45, 2.75) is 37.2 Å². The van der Waals surface area contributed by atoms with Crippen molar-refractivity contribution in [1.82, 2.24) is 10.6 Å². The molecule has 0 aliphatic heterocycles. The van der Waals surface area contributed by atoms with Crippen LogP contribution >= 0.6 is 11.6 Å². The van der Waals surface area contributed by atoms with Crippen LogP contribution in [0.4, 0.5) is 4.79 Å². The highest BCUT2D eigenvalue weighted by molar-refractivity contribution is 6.32. The molecule has 1 fully saturated rings. The lowest BCUT2D eigenvalue weighted by atomic mass is 9.68. The van der Waals surface area contributed by atoms with Gasteiger partial charge in [-0.15, -0.1) is 6.58 Å². The number of nitrogens with one attached hydrogen (secondary N) is 2. The van der Waals surface area contributed by atoms with E-state index in [1.54, 1.807) is 18.2 Å². The van der Waals surface area contributed by atoms with Crippen LogP contribution in [0.3, 0.4) is 0 Å². The van der Waals surface area contributed by atoms with Crippen molar-refractivity contribution in [2.24, 2.45) is 0 Å². The third-order valence-corrected chi connectivity index (χ3v) is 6.06. The van der Waals surface area contributed by atoms with Crippen molar-refractivity contribution in [3.63, 3.8) is 0 Å². The number of halogens is 1. The number of hydrogen-bond donors (Lipinski definition) is 3. The van der Waals surface area contributed by atoms with E-state index in [9.17, 15) is 14.7 Å². The average Bonchev–Trinajstić information content (AvgIpc) is 2.79. The molecule has 31 heavy (non-hydrogen) atoms. The van der Waals surface area contributed by atoms with E-state index in [-0.39, 0.29) is 33.8 Å². The molecule has 3 rings (SSSR count). The second-order valence-corrected chi connectivity index (χ2v) is 8.15. The molecular formula is C24H27ClN2O4. The first-order valence-electron chi connectivity index (χ1n) is 10.3. The molecule has 0 heterocycles. The summed E-state index contributed by atoms with van der Waals surface area (Å²) in [5, 5.41) is 15.9. The van der Waals surface area contributed by atoms with Crippen molar-refractivity contribution in [3.8, 4) is 5.75 Å². The van der Waals surface area contributed by atoms with Gasteiger partial charge >= 0.3 is 6.09 Å². The normalized spacial score (nSPS) is 20.5. The van der Waals surface area contributed by atoms with Crippen LogP contribution in [-0.4, -0.2) is 36.3 Å². The Morgan fingerprint density at radius 1 is 1.13 bits per heavy atom. The van der Waals surface area contributed by atoms with E-state index < -0.39 is 6.09 Å². The zero-order valence-electron chi connectivity index (χ0n) is 17.3. The number of carbonyl (C=O) groups is 2. The van der Waals surface area contributed by atoms with Gasteiger partial charge in [-0.3, -0.25) is 4.79 Å². The number of aromatic hydroxyl groups is 1. The third kappa shape index (κ3) is 5.58. The van der Waals surface area contributed by atoms with Crippen LogP contribution in [0.1, 0.15) is 41.6 Å². The number of para-hydroxylation sites is 1. The molecule has 0 bridgehead atoms. The monoisotopic (exact) mass is 442 g/mol. The van der Waals surface area contributed by atoms with Gasteiger partial charge in [-0.05, 0) is 43.4 Å². The van der Waals surface area contributed by atoms with Gasteiger partial charge in [0.1, 0.15) is 11.9 Å². The Morgan fingerprint density at radius 3 is 2.52 bits per heavy atom. The number of benzene rings is 2. The number of phenolic OH excluding ortho intramolecular Hbond substituents is 1. The Bertz CT molecular complexity index is 924. The lowest BCUT2D eigenvalue weighted by Gasteiger charge is -2.40. The molecule has 1 aliphatic carbocycles. The zero-order valence-corrected chi connectivity index (χ0v) is 18.0. The highest BCUT2D eigenvalue weighted by atomic mass is 35.5. The molecule has 2 aromatic carbocycles. The molecule has 6 nitrogen and oxygen atoms in total. The maximum Gasteiger partial charge on any atom is 0.407 e. The van der Waals surface area contributed by atoms with Crippen LogP contribution in [0.25, 0.3) is 0 Å². The van der Waals surface area contributed by atoms with Gasteiger partial charge < -0.3 is 20.5 Å². The van der Waals surface area contributed by atoms with Crippen molar-refractivity contribution < 1.29 is 19.4 Å². The van der Waals surface area contributed by atoms with Gasteiger partial charge in [0, 0.05) is 18.5 Å². The van der Waals surface area contributed by atoms with E-state index in [4.69, 9.17) is 16.3 Å². The van der Waals surface area contributed by atoms with Gasteiger partial charge in [0.15, 0.2) is 0 Å². The van der Waals surface area contributed by atoms with Crippen LogP contribution in [0.2, 0.25) is 5.02 Å². The molecule has 0 atom stereocenters. The van der Waals surface area contributed by atoms with E-state index in [2.05, 4.69) is 29.3 Å². The van der Waals surface area contributed by atoms with Crippen molar-refractivity contribution in [2.75, 3.05) is 13.1 Å². The molecule has 0 saturated heterocycles. The third-order valence-electron chi connectivity index (χ3n) is 5.76. The topological polar surface area (TPSA) is 87.7 Å². The zero-order chi connectivity index (χ0) is 22.3. The lowest BCUT2D eigenvalue weighted by Crippen LogP contribution is -2.45. The summed E-state index contributed by atoms with van der Waals surface area (Å²) in [6.07, 6.45) is 3.86. The van der Waals surface area contributed by atoms with Crippen molar-refractivity contribution >= 4 is 23.6 Å². The van der Waals surface area contributed by atoms with Gasteiger partial charge in [0.05, 0.1) is 10.6 Å². The second-order valence-electron chi connectivity index (χ2n) is 7.74. The molecule has 2 amide bonds. The predicted molar refractivity (Wildman–Crippen MR) is 121 cm³/mol. The summed E-state index contributed by atoms with van der Waals surface area (Å²) in [7, 11) is 0. The molecule has 2 aromatic rings. The van der Waals surface area contributed by atoms with Gasteiger partial charge in [0.2, 0.25) is 0 Å². The second kappa shape index (κ2) is 10.4. The molecule has 3 N–H and O–H groups in total. The fourth-order valence-corrected chi connectivity index (χ4v) is 4.19. The Balaban J connectivity index is 1.70. The number of alkyl carbamates (subject to hydrolysis) is 1. The Morgan fingerprint density at radius 2 is 1.84 bits per heavy atom. The van der Waals surface area contributed by atoms with Gasteiger partial charge in [-0.25, -0.2) is 4.79 Å². The smallest absolute Gasteiger partial charge is 0.407 e. The molecule has 0 unspecified atom stereocenters. The number of carbonyl (C=O) groups excluding carboxylic acids is 2. The van der Waals surface area contributed by atoms with E-state index >= 15 is 0 Å². The molecule has 7 heteroatoms. The summed E-state index contributed by atoms with van der Waals surface area (Å²) < 4.78 is 5.51. The van der Waals surface area contributed by atoms with Crippen LogP contribution in [-0.2, 0) is 10.2 Å². The fourth-order valence-electron chi connectivity index (χ4n) is 4.01. The quantitative estimate of drug-likeness (QED) is 0.548. The number of hydrogen-bond acceptors (Lipinski definition) is 4. The number of amides is 2. The number of phenols is 1. The van der Waals surface area contributed by atoms with E-state index in [0.717, 1.165) is 18.4 Å². The highest BCUT2D eigenvalue weighted by Gasteiger charge is 2.38. The van der Waals surface area contributed by atoms with Crippen LogP contribution in [0, 0.1) is 0 Å². The largest absolute Gasteiger partial charge is 0.506 e. The first kappa shape index (κ1) is 22.7. The highest BCUT2D eigenvalue weighted by Crippen LogP contribution is 2.40. The SMILES string of the molecule is C=CCNC(=O)OC1CCC(CNC(=O)c2cccc(Cl)c2O)(c2ccccc2)CC1. The summed E-state index contributed by atoms with van der Waals surface area (Å²) in [6, 6.07) is 14.7. The van der Waals surface area contributed by atoms with Gasteiger partial charge in [0.25, 0.3) is 5.91 Å². The van der Waals surface area contributed by atoms with Crippen molar-refractivity contribution in [3.05, 3.63) is 77.3 Å². The summed E-state index contributed by atoms with van der Waals surface area (Å²) >= 11 is 5.94. The minimum absolute atomic E-state index is 0.137. The molecule has 1 saturated carbocycles. The Hall–Kier alpha value is -2.99. The maximum atomic E-state index is 12.7. The van der Waals surface area contributed by atoms with Gasteiger partial charge in [-0.1, -0.05) is 54.1 Å². The average molecular weight is 443 g/mol. The lowest BCUT2D eigenvalue weighted by molar-refractivity contribution is 0.0570. The number of ether oxygens (including phenoxy) is 1. The van der Waals surface area contributed by atoms with E-state index in [1.807, 2.05) is 18.2 Å². The molecular weight excluding hydrogens is 416 g/mol. The van der Waals surface area contributed by atoms with E-state index in [1.165, 1.54) is 6.07 Å². The first-order chi connectivity index (χ1) is 14.9. The first-order valence-corrected chi connectivity index (χ1v) is 10.7. The molecule has 164 valence electrons. The molecule has 1 aliphatic rings. The Labute approximate surface area is 187 Å². The summed E-state index contributed by atoms with van der Waals surface area (Å²) in [6.45, 7) is 4.33. The van der Waals surface area contributed by atoms with E-state index in [0.29, 0.717) is 25.9 Å². The fraction of sp³-hybridized carbons (Fsp3) is 0.333. The summed E-state index contributed by atoms with van der Waals surface area (Å²) in [4.78, 5) is 24.6. The molecule has 0 radical (unpaired) electrons. The molecule has 0 aromatic heterocycles. The van der Waals surface area contributed by atoms with Crippen LogP contribution in [0.15, 0.2) is 61.2 Å². The summed E-state index contributed by atoms with van der Waals surface area (Å²) in [5.74, 6) is -0.601. The Kier molecular flexibility index (Phi) is 7.58. The molecule has 0 spiro atoms. The van der Waals surface area contributed by atoms with Crippen molar-refractivity contribution in [1.29, 1.82) is 0 Å². The number of rotatable bonds is 7. The standard InChI is InChI=1S/C24H27ClN2O4/c1-2-15-26-23(30)31-18-11-13-24(14-12-18,17-7-4-3-5-8-17)16-27-22(29)19-9-6-10-20(25)21(19)28/h2-10,18,28H,1,11-16H2,(H,26,30)(H,27,29). The van der Waals surface area contributed by atoms with Crippen LogP contribution < -0.4 is 10.6 Å². The van der Waals surface area contributed by atoms with Crippen LogP contribution in [0.5, 0.6) is 5.75 Å². The maximum absolute atomic E-state index is 12.7. The van der Waals surface area contributed by atoms with Gasteiger partial charge in [-0.2, -0.15) is 0 Å². The predicted octanol–water partition coefficient (Wildman–Crippen LogP) is 4.57. The summed E-state index contributed by atoms with van der Waals surface area (Å²) in [5.41, 5.74) is 0.981. The minimum Gasteiger partial charge on any atom is -0.506 e.